The van der Waals surface area contributed by atoms with Crippen LogP contribution in [-0.4, -0.2) is 40.5 Å². The molecule has 0 saturated carbocycles. The smallest absolute Gasteiger partial charge is 0.266 e. The Morgan fingerprint density at radius 2 is 2.22 bits per heavy atom. The summed E-state index contributed by atoms with van der Waals surface area (Å²) in [5.74, 6) is 0.684. The SMILES string of the molecule is CC(CNc1nc[nH]c(=O)c1I)N1CCCCC1. The fourth-order valence-electron chi connectivity index (χ4n) is 2.24. The van der Waals surface area contributed by atoms with Crippen LogP contribution in [0.2, 0.25) is 0 Å². The molecule has 6 heteroatoms. The monoisotopic (exact) mass is 362 g/mol. The van der Waals surface area contributed by atoms with Gasteiger partial charge in [-0.1, -0.05) is 6.42 Å². The van der Waals surface area contributed by atoms with E-state index in [2.05, 4.69) is 27.1 Å². The second-order valence-electron chi connectivity index (χ2n) is 4.72. The molecule has 1 aliphatic rings. The van der Waals surface area contributed by atoms with Gasteiger partial charge < -0.3 is 10.3 Å². The molecule has 2 N–H and O–H groups in total. The second kappa shape index (κ2) is 6.51. The summed E-state index contributed by atoms with van der Waals surface area (Å²) in [4.78, 5) is 20.7. The third-order valence-corrected chi connectivity index (χ3v) is 4.38. The number of anilines is 1. The van der Waals surface area contributed by atoms with Crippen molar-refractivity contribution in [3.63, 3.8) is 0 Å². The highest BCUT2D eigenvalue weighted by Crippen LogP contribution is 2.13. The Hall–Kier alpha value is -0.630. The van der Waals surface area contributed by atoms with Gasteiger partial charge in [0, 0.05) is 12.6 Å². The van der Waals surface area contributed by atoms with Crippen LogP contribution in [0.1, 0.15) is 26.2 Å². The average molecular weight is 362 g/mol. The molecule has 0 aliphatic carbocycles. The Labute approximate surface area is 121 Å². The highest BCUT2D eigenvalue weighted by Gasteiger charge is 2.16. The zero-order chi connectivity index (χ0) is 13.0. The molecular weight excluding hydrogens is 343 g/mol. The normalized spacial score (nSPS) is 18.6. The van der Waals surface area contributed by atoms with E-state index >= 15 is 0 Å². The lowest BCUT2D eigenvalue weighted by Crippen LogP contribution is -2.41. The lowest BCUT2D eigenvalue weighted by Gasteiger charge is -2.32. The number of aromatic nitrogens is 2. The molecule has 5 nitrogen and oxygen atoms in total. The maximum Gasteiger partial charge on any atom is 0.266 e. The van der Waals surface area contributed by atoms with Crippen molar-refractivity contribution in [2.75, 3.05) is 25.0 Å². The summed E-state index contributed by atoms with van der Waals surface area (Å²) in [5, 5.41) is 3.27. The van der Waals surface area contributed by atoms with Crippen molar-refractivity contribution in [1.29, 1.82) is 0 Å². The van der Waals surface area contributed by atoms with Crippen molar-refractivity contribution in [3.05, 3.63) is 20.3 Å². The number of likely N-dealkylation sites (tertiary alicyclic amines) is 1. The van der Waals surface area contributed by atoms with Gasteiger partial charge in [-0.2, -0.15) is 0 Å². The molecule has 0 spiro atoms. The maximum absolute atomic E-state index is 11.4. The van der Waals surface area contributed by atoms with Crippen LogP contribution < -0.4 is 10.9 Å². The van der Waals surface area contributed by atoms with Crippen LogP contribution in [0.5, 0.6) is 0 Å². The van der Waals surface area contributed by atoms with Crippen LogP contribution >= 0.6 is 22.6 Å². The standard InChI is InChI=1S/C12H19IN4O/c1-9(17-5-3-2-4-6-17)7-14-11-10(13)12(18)16-8-15-11/h8-9H,2-7H2,1H3,(H2,14,15,16,18). The molecule has 100 valence electrons. The zero-order valence-corrected chi connectivity index (χ0v) is 12.7. The summed E-state index contributed by atoms with van der Waals surface area (Å²) in [7, 11) is 0. The predicted molar refractivity (Wildman–Crippen MR) is 81.0 cm³/mol. The zero-order valence-electron chi connectivity index (χ0n) is 10.6. The van der Waals surface area contributed by atoms with E-state index in [-0.39, 0.29) is 5.56 Å². The van der Waals surface area contributed by atoms with E-state index in [1.165, 1.54) is 38.7 Å². The minimum absolute atomic E-state index is 0.0845. The van der Waals surface area contributed by atoms with Gasteiger partial charge in [0.1, 0.15) is 9.39 Å². The quantitative estimate of drug-likeness (QED) is 0.800. The summed E-state index contributed by atoms with van der Waals surface area (Å²) in [6, 6.07) is 0.474. The van der Waals surface area contributed by atoms with Crippen LogP contribution in [-0.2, 0) is 0 Å². The van der Waals surface area contributed by atoms with Crippen molar-refractivity contribution >= 4 is 28.4 Å². The van der Waals surface area contributed by atoms with Gasteiger partial charge in [-0.05, 0) is 55.4 Å². The molecule has 1 aromatic heterocycles. The van der Waals surface area contributed by atoms with Crippen molar-refractivity contribution < 1.29 is 0 Å². The van der Waals surface area contributed by atoms with Gasteiger partial charge in [0.15, 0.2) is 0 Å². The summed E-state index contributed by atoms with van der Waals surface area (Å²) in [5.41, 5.74) is -0.0845. The van der Waals surface area contributed by atoms with Gasteiger partial charge in [-0.15, -0.1) is 0 Å². The van der Waals surface area contributed by atoms with Gasteiger partial charge in [0.2, 0.25) is 0 Å². The Bertz CT molecular complexity index is 442. The number of H-pyrrole nitrogens is 1. The third kappa shape index (κ3) is 3.44. The number of hydrogen-bond acceptors (Lipinski definition) is 4. The van der Waals surface area contributed by atoms with E-state index in [1.807, 2.05) is 22.6 Å². The number of nitrogens with one attached hydrogen (secondary N) is 2. The molecule has 1 fully saturated rings. The van der Waals surface area contributed by atoms with E-state index in [9.17, 15) is 4.79 Å². The molecule has 2 rings (SSSR count). The first kappa shape index (κ1) is 13.8. The second-order valence-corrected chi connectivity index (χ2v) is 5.80. The largest absolute Gasteiger partial charge is 0.367 e. The minimum Gasteiger partial charge on any atom is -0.367 e. The summed E-state index contributed by atoms with van der Waals surface area (Å²) in [6.07, 6.45) is 5.39. The van der Waals surface area contributed by atoms with E-state index in [0.717, 1.165) is 6.54 Å². The van der Waals surface area contributed by atoms with Crippen molar-refractivity contribution in [2.24, 2.45) is 0 Å². The van der Waals surface area contributed by atoms with E-state index in [0.29, 0.717) is 15.4 Å². The number of hydrogen-bond donors (Lipinski definition) is 2. The van der Waals surface area contributed by atoms with Crippen LogP contribution in [0, 0.1) is 3.57 Å². The highest BCUT2D eigenvalue weighted by molar-refractivity contribution is 14.1. The number of aromatic amines is 1. The first-order valence-electron chi connectivity index (χ1n) is 6.39. The van der Waals surface area contributed by atoms with Crippen molar-refractivity contribution in [3.8, 4) is 0 Å². The molecule has 0 amide bonds. The minimum atomic E-state index is -0.0845. The highest BCUT2D eigenvalue weighted by atomic mass is 127. The molecule has 1 atom stereocenters. The summed E-state index contributed by atoms with van der Waals surface area (Å²) in [6.45, 7) is 5.41. The fourth-order valence-corrected chi connectivity index (χ4v) is 2.72. The summed E-state index contributed by atoms with van der Waals surface area (Å²) >= 11 is 2.02. The van der Waals surface area contributed by atoms with Crippen molar-refractivity contribution in [1.82, 2.24) is 14.9 Å². The van der Waals surface area contributed by atoms with Gasteiger partial charge in [0.25, 0.3) is 5.56 Å². The van der Waals surface area contributed by atoms with Gasteiger partial charge in [-0.3, -0.25) is 9.69 Å². The molecule has 0 bridgehead atoms. The van der Waals surface area contributed by atoms with E-state index < -0.39 is 0 Å². The van der Waals surface area contributed by atoms with E-state index in [4.69, 9.17) is 0 Å². The predicted octanol–water partition coefficient (Wildman–Crippen LogP) is 1.66. The number of rotatable bonds is 4. The number of nitrogens with zero attached hydrogens (tertiary/aromatic N) is 2. The lowest BCUT2D eigenvalue weighted by atomic mass is 10.1. The fraction of sp³-hybridized carbons (Fsp3) is 0.667. The molecular formula is C12H19IN4O. The molecule has 1 unspecified atom stereocenters. The van der Waals surface area contributed by atoms with Gasteiger partial charge in [-0.25, -0.2) is 4.98 Å². The van der Waals surface area contributed by atoms with Gasteiger partial charge >= 0.3 is 0 Å². The molecule has 1 saturated heterocycles. The third-order valence-electron chi connectivity index (χ3n) is 3.38. The average Bonchev–Trinajstić information content (AvgIpc) is 2.41. The first-order chi connectivity index (χ1) is 8.68. The molecule has 1 aliphatic heterocycles. The van der Waals surface area contributed by atoms with Crippen LogP contribution in [0.15, 0.2) is 11.1 Å². The van der Waals surface area contributed by atoms with Crippen LogP contribution in [0.25, 0.3) is 0 Å². The summed E-state index contributed by atoms with van der Waals surface area (Å²) < 4.78 is 0.626. The Balaban J connectivity index is 1.90. The van der Waals surface area contributed by atoms with Crippen molar-refractivity contribution in [2.45, 2.75) is 32.2 Å². The first-order valence-corrected chi connectivity index (χ1v) is 7.47. The van der Waals surface area contributed by atoms with Gasteiger partial charge in [0.05, 0.1) is 6.33 Å². The molecule has 0 aromatic carbocycles. The van der Waals surface area contributed by atoms with Crippen LogP contribution in [0.3, 0.4) is 0 Å². The van der Waals surface area contributed by atoms with Crippen LogP contribution in [0.4, 0.5) is 5.82 Å². The Kier molecular flexibility index (Phi) is 4.99. The Morgan fingerprint density at radius 1 is 1.50 bits per heavy atom. The molecule has 2 heterocycles. The molecule has 0 radical (unpaired) electrons. The number of halogens is 1. The topological polar surface area (TPSA) is 61.0 Å². The maximum atomic E-state index is 11.4. The lowest BCUT2D eigenvalue weighted by molar-refractivity contribution is 0.180. The number of piperidine rings is 1. The van der Waals surface area contributed by atoms with E-state index in [1.54, 1.807) is 0 Å². The Morgan fingerprint density at radius 3 is 2.94 bits per heavy atom. The molecule has 1 aromatic rings. The molecule has 18 heavy (non-hydrogen) atoms.